The molecule has 3 rings (SSSR count). The van der Waals surface area contributed by atoms with Gasteiger partial charge in [-0.1, -0.05) is 30.3 Å². The molecule has 0 bridgehead atoms. The average Bonchev–Trinajstić information content (AvgIpc) is 2.84. The number of imidazole rings is 1. The van der Waals surface area contributed by atoms with E-state index in [1.54, 1.807) is 0 Å². The van der Waals surface area contributed by atoms with E-state index in [0.29, 0.717) is 0 Å². The van der Waals surface area contributed by atoms with Gasteiger partial charge in [0.05, 0.1) is 17.1 Å². The van der Waals surface area contributed by atoms with Crippen LogP contribution in [0.2, 0.25) is 0 Å². The Bertz CT molecular complexity index is 610. The minimum atomic E-state index is 0.153. The fraction of sp³-hybridized carbons (Fsp3) is 0.133. The smallest absolute Gasteiger partial charge is 0.129 e. The maximum absolute atomic E-state index is 4.59. The Hall–Kier alpha value is -2.29. The number of fused-ring (bicyclic) bond motifs is 1. The first-order valence-electron chi connectivity index (χ1n) is 6.09. The summed E-state index contributed by atoms with van der Waals surface area (Å²) in [6, 6.07) is 18.4. The molecule has 0 saturated carbocycles. The van der Waals surface area contributed by atoms with Crippen molar-refractivity contribution in [3.05, 3.63) is 60.4 Å². The van der Waals surface area contributed by atoms with Gasteiger partial charge in [-0.05, 0) is 31.2 Å². The van der Waals surface area contributed by atoms with Gasteiger partial charge in [0, 0.05) is 5.69 Å². The fourth-order valence-corrected chi connectivity index (χ4v) is 2.03. The van der Waals surface area contributed by atoms with E-state index in [0.717, 1.165) is 22.5 Å². The molecule has 90 valence electrons. The van der Waals surface area contributed by atoms with Crippen molar-refractivity contribution in [2.75, 3.05) is 5.32 Å². The number of rotatable bonds is 3. The van der Waals surface area contributed by atoms with Crippen LogP contribution in [0, 0.1) is 0 Å². The number of H-pyrrole nitrogens is 1. The summed E-state index contributed by atoms with van der Waals surface area (Å²) >= 11 is 0. The summed E-state index contributed by atoms with van der Waals surface area (Å²) in [5, 5.41) is 3.43. The van der Waals surface area contributed by atoms with E-state index in [1.165, 1.54) is 0 Å². The lowest BCUT2D eigenvalue weighted by Gasteiger charge is -2.12. The molecule has 3 aromatic rings. The van der Waals surface area contributed by atoms with Crippen molar-refractivity contribution in [1.29, 1.82) is 0 Å². The van der Waals surface area contributed by atoms with Gasteiger partial charge in [-0.15, -0.1) is 0 Å². The van der Waals surface area contributed by atoms with Crippen LogP contribution in [0.25, 0.3) is 11.0 Å². The topological polar surface area (TPSA) is 40.7 Å². The second-order valence-electron chi connectivity index (χ2n) is 4.37. The van der Waals surface area contributed by atoms with Crippen molar-refractivity contribution in [2.45, 2.75) is 13.0 Å². The zero-order chi connectivity index (χ0) is 12.4. The van der Waals surface area contributed by atoms with Gasteiger partial charge in [0.2, 0.25) is 0 Å². The Morgan fingerprint density at radius 1 is 1.00 bits per heavy atom. The maximum Gasteiger partial charge on any atom is 0.129 e. The normalized spacial score (nSPS) is 12.5. The van der Waals surface area contributed by atoms with Crippen LogP contribution in [0.3, 0.4) is 0 Å². The Balaban J connectivity index is 1.86. The molecule has 1 atom stereocenters. The fourth-order valence-electron chi connectivity index (χ4n) is 2.03. The van der Waals surface area contributed by atoms with Gasteiger partial charge in [0.25, 0.3) is 0 Å². The van der Waals surface area contributed by atoms with E-state index in [1.807, 2.05) is 42.5 Å². The van der Waals surface area contributed by atoms with Crippen LogP contribution in [-0.4, -0.2) is 9.97 Å². The highest BCUT2D eigenvalue weighted by Crippen LogP contribution is 2.19. The summed E-state index contributed by atoms with van der Waals surface area (Å²) in [7, 11) is 0. The lowest BCUT2D eigenvalue weighted by Crippen LogP contribution is -2.08. The van der Waals surface area contributed by atoms with Crippen LogP contribution in [0.5, 0.6) is 0 Å². The van der Waals surface area contributed by atoms with Crippen molar-refractivity contribution < 1.29 is 0 Å². The summed E-state index contributed by atoms with van der Waals surface area (Å²) in [5.41, 5.74) is 3.19. The van der Waals surface area contributed by atoms with Gasteiger partial charge in [0.1, 0.15) is 5.82 Å². The first-order chi connectivity index (χ1) is 8.83. The summed E-state index contributed by atoms with van der Waals surface area (Å²) in [6.07, 6.45) is 0. The highest BCUT2D eigenvalue weighted by Gasteiger charge is 2.09. The van der Waals surface area contributed by atoms with E-state index in [4.69, 9.17) is 0 Å². The number of hydrogen-bond acceptors (Lipinski definition) is 2. The number of benzene rings is 2. The molecule has 0 saturated heterocycles. The van der Waals surface area contributed by atoms with E-state index < -0.39 is 0 Å². The van der Waals surface area contributed by atoms with Crippen LogP contribution in [0.1, 0.15) is 18.8 Å². The third-order valence-corrected chi connectivity index (χ3v) is 2.97. The minimum Gasteiger partial charge on any atom is -0.375 e. The maximum atomic E-state index is 4.59. The quantitative estimate of drug-likeness (QED) is 0.728. The molecular formula is C15H15N3. The van der Waals surface area contributed by atoms with Crippen molar-refractivity contribution in [3.63, 3.8) is 0 Å². The van der Waals surface area contributed by atoms with Gasteiger partial charge in [-0.3, -0.25) is 0 Å². The highest BCUT2D eigenvalue weighted by molar-refractivity contribution is 5.74. The number of para-hydroxylation sites is 3. The zero-order valence-electron chi connectivity index (χ0n) is 10.2. The molecule has 0 aliphatic heterocycles. The number of aromatic amines is 1. The molecule has 3 heteroatoms. The summed E-state index contributed by atoms with van der Waals surface area (Å²) in [6.45, 7) is 2.10. The SMILES string of the molecule is CC(Nc1ccccc1)c1nc2ccccc2[nH]1. The number of anilines is 1. The van der Waals surface area contributed by atoms with Crippen molar-refractivity contribution >= 4 is 16.7 Å². The molecule has 18 heavy (non-hydrogen) atoms. The van der Waals surface area contributed by atoms with Gasteiger partial charge in [-0.25, -0.2) is 4.98 Å². The van der Waals surface area contributed by atoms with Gasteiger partial charge in [0.15, 0.2) is 0 Å². The van der Waals surface area contributed by atoms with Crippen molar-refractivity contribution in [3.8, 4) is 0 Å². The van der Waals surface area contributed by atoms with E-state index in [9.17, 15) is 0 Å². The first-order valence-corrected chi connectivity index (χ1v) is 6.09. The molecule has 0 radical (unpaired) electrons. The molecule has 0 aliphatic rings. The minimum absolute atomic E-state index is 0.153. The van der Waals surface area contributed by atoms with Gasteiger partial charge in [-0.2, -0.15) is 0 Å². The largest absolute Gasteiger partial charge is 0.375 e. The molecule has 1 heterocycles. The molecule has 0 spiro atoms. The van der Waals surface area contributed by atoms with Crippen molar-refractivity contribution in [1.82, 2.24) is 9.97 Å². The van der Waals surface area contributed by atoms with Crippen LogP contribution in [-0.2, 0) is 0 Å². The first kappa shape index (κ1) is 10.8. The van der Waals surface area contributed by atoms with Crippen LogP contribution in [0.4, 0.5) is 5.69 Å². The second kappa shape index (κ2) is 4.53. The lowest BCUT2D eigenvalue weighted by molar-refractivity contribution is 0.815. The zero-order valence-corrected chi connectivity index (χ0v) is 10.2. The summed E-state index contributed by atoms with van der Waals surface area (Å²) < 4.78 is 0. The summed E-state index contributed by atoms with van der Waals surface area (Å²) in [5.74, 6) is 0.958. The molecule has 3 nitrogen and oxygen atoms in total. The third-order valence-electron chi connectivity index (χ3n) is 2.97. The number of hydrogen-bond donors (Lipinski definition) is 2. The molecule has 2 N–H and O–H groups in total. The molecule has 1 aromatic heterocycles. The monoisotopic (exact) mass is 237 g/mol. The molecular weight excluding hydrogens is 222 g/mol. The number of aromatic nitrogens is 2. The predicted octanol–water partition coefficient (Wildman–Crippen LogP) is 3.74. The van der Waals surface area contributed by atoms with Crippen LogP contribution in [0.15, 0.2) is 54.6 Å². The number of nitrogens with zero attached hydrogens (tertiary/aromatic N) is 1. The van der Waals surface area contributed by atoms with Gasteiger partial charge >= 0.3 is 0 Å². The molecule has 1 unspecified atom stereocenters. The standard InChI is InChI=1S/C15H15N3/c1-11(16-12-7-3-2-4-8-12)15-17-13-9-5-6-10-14(13)18-15/h2-11,16H,1H3,(H,17,18). The Kier molecular flexibility index (Phi) is 2.73. The Labute approximate surface area is 106 Å². The average molecular weight is 237 g/mol. The molecule has 2 aromatic carbocycles. The Morgan fingerprint density at radius 2 is 1.72 bits per heavy atom. The second-order valence-corrected chi connectivity index (χ2v) is 4.37. The predicted molar refractivity (Wildman–Crippen MR) is 74.6 cm³/mol. The third kappa shape index (κ3) is 2.07. The van der Waals surface area contributed by atoms with Gasteiger partial charge < -0.3 is 10.3 Å². The Morgan fingerprint density at radius 3 is 2.50 bits per heavy atom. The van der Waals surface area contributed by atoms with E-state index in [2.05, 4.69) is 34.3 Å². The molecule has 0 amide bonds. The van der Waals surface area contributed by atoms with Crippen molar-refractivity contribution in [2.24, 2.45) is 0 Å². The lowest BCUT2D eigenvalue weighted by atomic mass is 10.2. The molecule has 0 fully saturated rings. The van der Waals surface area contributed by atoms with Crippen LogP contribution < -0.4 is 5.32 Å². The highest BCUT2D eigenvalue weighted by atomic mass is 15.0. The van der Waals surface area contributed by atoms with E-state index >= 15 is 0 Å². The molecule has 0 aliphatic carbocycles. The van der Waals surface area contributed by atoms with E-state index in [-0.39, 0.29) is 6.04 Å². The number of nitrogens with one attached hydrogen (secondary N) is 2. The summed E-state index contributed by atoms with van der Waals surface area (Å²) in [4.78, 5) is 7.93. The van der Waals surface area contributed by atoms with Crippen LogP contribution >= 0.6 is 0 Å².